The lowest BCUT2D eigenvalue weighted by molar-refractivity contribution is -0.141. The lowest BCUT2D eigenvalue weighted by Gasteiger charge is -2.15. The molecule has 98 valence electrons. The molecule has 0 aromatic carbocycles. The van der Waals surface area contributed by atoms with Gasteiger partial charge in [-0.2, -0.15) is 0 Å². The number of aromatic nitrogens is 1. The molecule has 0 radical (unpaired) electrons. The highest BCUT2D eigenvalue weighted by atomic mass is 16.5. The van der Waals surface area contributed by atoms with Gasteiger partial charge in [0.05, 0.1) is 19.2 Å². The minimum absolute atomic E-state index is 0.130. The van der Waals surface area contributed by atoms with Crippen molar-refractivity contribution in [3.8, 4) is 0 Å². The number of pyridine rings is 1. The highest BCUT2D eigenvalue weighted by Gasteiger charge is 2.18. The summed E-state index contributed by atoms with van der Waals surface area (Å²) in [7, 11) is 1.31. The van der Waals surface area contributed by atoms with Crippen LogP contribution in [0.1, 0.15) is 30.3 Å². The maximum atomic E-state index is 11.9. The topological polar surface area (TPSA) is 94.3 Å². The normalized spacial score (nSPS) is 11.7. The second-order valence-electron chi connectivity index (χ2n) is 3.80. The molecule has 6 nitrogen and oxygen atoms in total. The van der Waals surface area contributed by atoms with E-state index in [4.69, 9.17) is 5.73 Å². The van der Waals surface area contributed by atoms with Crippen LogP contribution in [0, 0.1) is 0 Å². The first kappa shape index (κ1) is 14.0. The molecule has 1 aromatic rings. The average Bonchev–Trinajstić information content (AvgIpc) is 2.38. The van der Waals surface area contributed by atoms with Crippen LogP contribution in [0.25, 0.3) is 0 Å². The number of anilines is 1. The molecule has 18 heavy (non-hydrogen) atoms. The summed E-state index contributed by atoms with van der Waals surface area (Å²) in [5, 5.41) is 2.71. The Balaban J connectivity index is 2.68. The highest BCUT2D eigenvalue weighted by molar-refractivity contribution is 5.97. The Morgan fingerprint density at radius 1 is 1.56 bits per heavy atom. The fraction of sp³-hybridized carbons (Fsp3) is 0.417. The third kappa shape index (κ3) is 3.73. The summed E-state index contributed by atoms with van der Waals surface area (Å²) >= 11 is 0. The number of methoxy groups -OCH3 is 1. The van der Waals surface area contributed by atoms with Gasteiger partial charge in [0.15, 0.2) is 5.69 Å². The monoisotopic (exact) mass is 251 g/mol. The van der Waals surface area contributed by atoms with Crippen LogP contribution in [-0.2, 0) is 9.53 Å². The molecule has 1 amide bonds. The first-order valence-electron chi connectivity index (χ1n) is 5.66. The molecule has 0 aliphatic heterocycles. The standard InChI is InChI=1S/C12H17N3O3/c1-3-8(7-10(16)18-2)15-12(17)11-9(13)5-4-6-14-11/h4-6,8H,3,7,13H2,1-2H3,(H,15,17)/t8-/m0/s1. The number of carbonyl (C=O) groups is 2. The quantitative estimate of drug-likeness (QED) is 0.752. The molecule has 1 aromatic heterocycles. The minimum Gasteiger partial charge on any atom is -0.469 e. The van der Waals surface area contributed by atoms with Crippen molar-refractivity contribution < 1.29 is 14.3 Å². The van der Waals surface area contributed by atoms with Crippen molar-refractivity contribution in [2.75, 3.05) is 12.8 Å². The fourth-order valence-corrected chi connectivity index (χ4v) is 1.44. The summed E-state index contributed by atoms with van der Waals surface area (Å²) in [6.45, 7) is 1.87. The number of nitrogens with two attached hydrogens (primary N) is 1. The average molecular weight is 251 g/mol. The van der Waals surface area contributed by atoms with E-state index in [-0.39, 0.29) is 30.0 Å². The number of rotatable bonds is 5. The van der Waals surface area contributed by atoms with E-state index in [9.17, 15) is 9.59 Å². The van der Waals surface area contributed by atoms with Crippen molar-refractivity contribution in [3.05, 3.63) is 24.0 Å². The van der Waals surface area contributed by atoms with Crippen LogP contribution in [-0.4, -0.2) is 30.0 Å². The van der Waals surface area contributed by atoms with Gasteiger partial charge in [0.1, 0.15) is 0 Å². The Hall–Kier alpha value is -2.11. The second kappa shape index (κ2) is 6.58. The molecule has 0 saturated carbocycles. The Kier molecular flexibility index (Phi) is 5.10. The molecule has 0 unspecified atom stereocenters. The van der Waals surface area contributed by atoms with Gasteiger partial charge in [0, 0.05) is 12.2 Å². The number of ether oxygens (including phenoxy) is 1. The number of hydrogen-bond donors (Lipinski definition) is 2. The zero-order valence-corrected chi connectivity index (χ0v) is 10.5. The third-order valence-corrected chi connectivity index (χ3v) is 2.52. The molecule has 0 bridgehead atoms. The summed E-state index contributed by atoms with van der Waals surface area (Å²) in [6, 6.07) is 2.97. The Morgan fingerprint density at radius 3 is 2.83 bits per heavy atom. The number of hydrogen-bond acceptors (Lipinski definition) is 5. The van der Waals surface area contributed by atoms with Crippen molar-refractivity contribution >= 4 is 17.6 Å². The summed E-state index contributed by atoms with van der Waals surface area (Å²) in [5.74, 6) is -0.750. The van der Waals surface area contributed by atoms with Gasteiger partial charge in [0.25, 0.3) is 5.91 Å². The van der Waals surface area contributed by atoms with Crippen LogP contribution < -0.4 is 11.1 Å². The second-order valence-corrected chi connectivity index (χ2v) is 3.80. The first-order valence-corrected chi connectivity index (χ1v) is 5.66. The predicted molar refractivity (Wildman–Crippen MR) is 66.8 cm³/mol. The molecular weight excluding hydrogens is 234 g/mol. The molecule has 1 heterocycles. The van der Waals surface area contributed by atoms with Gasteiger partial charge >= 0.3 is 5.97 Å². The zero-order chi connectivity index (χ0) is 13.5. The molecule has 3 N–H and O–H groups in total. The number of carbonyl (C=O) groups excluding carboxylic acids is 2. The molecule has 6 heteroatoms. The van der Waals surface area contributed by atoms with Gasteiger partial charge in [-0.25, -0.2) is 4.98 Å². The fourth-order valence-electron chi connectivity index (χ4n) is 1.44. The smallest absolute Gasteiger partial charge is 0.307 e. The number of esters is 1. The largest absolute Gasteiger partial charge is 0.469 e. The molecule has 1 rings (SSSR count). The number of amides is 1. The maximum absolute atomic E-state index is 11.9. The van der Waals surface area contributed by atoms with E-state index >= 15 is 0 Å². The minimum atomic E-state index is -0.385. The van der Waals surface area contributed by atoms with Gasteiger partial charge in [-0.05, 0) is 18.6 Å². The van der Waals surface area contributed by atoms with Crippen LogP contribution in [0.4, 0.5) is 5.69 Å². The van der Waals surface area contributed by atoms with Crippen molar-refractivity contribution in [1.29, 1.82) is 0 Å². The molecule has 0 aliphatic rings. The highest BCUT2D eigenvalue weighted by Crippen LogP contribution is 2.08. The molecule has 1 atom stereocenters. The van der Waals surface area contributed by atoms with E-state index in [2.05, 4.69) is 15.0 Å². The predicted octanol–water partition coefficient (Wildman–Crippen LogP) is 0.735. The van der Waals surface area contributed by atoms with Crippen LogP contribution in [0.5, 0.6) is 0 Å². The Morgan fingerprint density at radius 2 is 2.28 bits per heavy atom. The lowest BCUT2D eigenvalue weighted by atomic mass is 10.1. The van der Waals surface area contributed by atoms with Gasteiger partial charge in [0.2, 0.25) is 0 Å². The molecule has 0 spiro atoms. The van der Waals surface area contributed by atoms with Crippen LogP contribution >= 0.6 is 0 Å². The van der Waals surface area contributed by atoms with Crippen LogP contribution in [0.15, 0.2) is 18.3 Å². The van der Waals surface area contributed by atoms with E-state index in [1.165, 1.54) is 13.3 Å². The van der Waals surface area contributed by atoms with Crippen molar-refractivity contribution in [3.63, 3.8) is 0 Å². The molecule has 0 aliphatic carbocycles. The number of nitrogen functional groups attached to an aromatic ring is 1. The van der Waals surface area contributed by atoms with Crippen LogP contribution in [0.3, 0.4) is 0 Å². The first-order chi connectivity index (χ1) is 8.58. The molecule has 0 fully saturated rings. The summed E-state index contributed by atoms with van der Waals surface area (Å²) in [5.41, 5.74) is 6.13. The van der Waals surface area contributed by atoms with E-state index in [0.717, 1.165) is 0 Å². The van der Waals surface area contributed by atoms with Gasteiger partial charge in [-0.1, -0.05) is 6.92 Å². The number of nitrogens with zero attached hydrogens (tertiary/aromatic N) is 1. The van der Waals surface area contributed by atoms with E-state index in [1.54, 1.807) is 12.1 Å². The molecular formula is C12H17N3O3. The third-order valence-electron chi connectivity index (χ3n) is 2.52. The number of nitrogens with one attached hydrogen (secondary N) is 1. The van der Waals surface area contributed by atoms with Gasteiger partial charge in [-0.3, -0.25) is 9.59 Å². The molecule has 0 saturated heterocycles. The zero-order valence-electron chi connectivity index (χ0n) is 10.5. The van der Waals surface area contributed by atoms with Crippen molar-refractivity contribution in [1.82, 2.24) is 10.3 Å². The maximum Gasteiger partial charge on any atom is 0.307 e. The SMILES string of the molecule is CC[C@@H](CC(=O)OC)NC(=O)c1ncccc1N. The Labute approximate surface area is 106 Å². The van der Waals surface area contributed by atoms with Gasteiger partial charge < -0.3 is 15.8 Å². The van der Waals surface area contributed by atoms with Gasteiger partial charge in [-0.15, -0.1) is 0 Å². The Bertz CT molecular complexity index is 434. The van der Waals surface area contributed by atoms with Crippen molar-refractivity contribution in [2.24, 2.45) is 0 Å². The summed E-state index contributed by atoms with van der Waals surface area (Å²) in [4.78, 5) is 27.0. The van der Waals surface area contributed by atoms with E-state index in [1.807, 2.05) is 6.92 Å². The summed E-state index contributed by atoms with van der Waals surface area (Å²) < 4.78 is 4.56. The van der Waals surface area contributed by atoms with E-state index in [0.29, 0.717) is 12.1 Å². The summed E-state index contributed by atoms with van der Waals surface area (Å²) in [6.07, 6.45) is 2.24. The lowest BCUT2D eigenvalue weighted by Crippen LogP contribution is -2.37. The van der Waals surface area contributed by atoms with Crippen molar-refractivity contribution in [2.45, 2.75) is 25.8 Å². The van der Waals surface area contributed by atoms with E-state index < -0.39 is 0 Å². The van der Waals surface area contributed by atoms with Crippen LogP contribution in [0.2, 0.25) is 0 Å².